The Hall–Kier alpha value is -1.77. The zero-order chi connectivity index (χ0) is 15.2. The summed E-state index contributed by atoms with van der Waals surface area (Å²) in [6.45, 7) is 3.05. The first kappa shape index (κ1) is 15.1. The Bertz CT molecular complexity index is 529. The molecule has 3 nitrogen and oxygen atoms in total. The van der Waals surface area contributed by atoms with Gasteiger partial charge < -0.3 is 10.2 Å². The van der Waals surface area contributed by atoms with Gasteiger partial charge in [0.25, 0.3) is 0 Å². The lowest BCUT2D eigenvalue weighted by Crippen LogP contribution is -2.43. The monoisotopic (exact) mass is 297 g/mol. The van der Waals surface area contributed by atoms with E-state index in [1.165, 1.54) is 36.8 Å². The van der Waals surface area contributed by atoms with Crippen molar-refractivity contribution in [3.63, 3.8) is 0 Å². The SMILES string of the molecule is CN=C(NCCCC1CC1)N1CC=C(c2ccccc2)CC1. The van der Waals surface area contributed by atoms with E-state index < -0.39 is 0 Å². The molecule has 0 spiro atoms. The van der Waals surface area contributed by atoms with Crippen molar-refractivity contribution in [3.8, 4) is 0 Å². The van der Waals surface area contributed by atoms with Crippen LogP contribution < -0.4 is 5.32 Å². The van der Waals surface area contributed by atoms with E-state index in [-0.39, 0.29) is 0 Å². The van der Waals surface area contributed by atoms with Crippen molar-refractivity contribution in [2.45, 2.75) is 32.1 Å². The summed E-state index contributed by atoms with van der Waals surface area (Å²) in [5.74, 6) is 2.08. The molecule has 0 aromatic heterocycles. The third kappa shape index (κ3) is 4.12. The number of nitrogens with zero attached hydrogens (tertiary/aromatic N) is 2. The molecule has 3 rings (SSSR count). The van der Waals surface area contributed by atoms with E-state index in [4.69, 9.17) is 0 Å². The van der Waals surface area contributed by atoms with Crippen LogP contribution in [-0.2, 0) is 0 Å². The van der Waals surface area contributed by atoms with Gasteiger partial charge in [0.15, 0.2) is 5.96 Å². The predicted molar refractivity (Wildman–Crippen MR) is 93.9 cm³/mol. The maximum atomic E-state index is 4.44. The number of aliphatic imine (C=N–C) groups is 1. The van der Waals surface area contributed by atoms with Gasteiger partial charge in [0, 0.05) is 26.7 Å². The molecule has 0 unspecified atom stereocenters. The minimum absolute atomic E-state index is 0.951. The molecule has 0 radical (unpaired) electrons. The largest absolute Gasteiger partial charge is 0.356 e. The number of hydrogen-bond donors (Lipinski definition) is 1. The molecule has 1 fully saturated rings. The van der Waals surface area contributed by atoms with E-state index in [2.05, 4.69) is 51.6 Å². The molecule has 1 heterocycles. The zero-order valence-electron chi connectivity index (χ0n) is 13.6. The number of benzene rings is 1. The van der Waals surface area contributed by atoms with Gasteiger partial charge in [-0.15, -0.1) is 0 Å². The first-order valence-corrected chi connectivity index (χ1v) is 8.57. The van der Waals surface area contributed by atoms with E-state index in [1.54, 1.807) is 0 Å². The highest BCUT2D eigenvalue weighted by molar-refractivity contribution is 5.81. The third-order valence-electron chi connectivity index (χ3n) is 4.63. The van der Waals surface area contributed by atoms with Crippen molar-refractivity contribution in [2.75, 3.05) is 26.7 Å². The fourth-order valence-electron chi connectivity index (χ4n) is 3.11. The Morgan fingerprint density at radius 3 is 2.73 bits per heavy atom. The lowest BCUT2D eigenvalue weighted by molar-refractivity contribution is 0.438. The molecule has 0 bridgehead atoms. The first-order chi connectivity index (χ1) is 10.9. The highest BCUT2D eigenvalue weighted by Crippen LogP contribution is 2.33. The molecule has 1 N–H and O–H groups in total. The average Bonchev–Trinajstić information content (AvgIpc) is 3.40. The highest BCUT2D eigenvalue weighted by Gasteiger charge is 2.20. The summed E-state index contributed by atoms with van der Waals surface area (Å²) in [6, 6.07) is 10.7. The van der Waals surface area contributed by atoms with Crippen LogP contribution in [0, 0.1) is 5.92 Å². The van der Waals surface area contributed by atoms with E-state index in [0.29, 0.717) is 0 Å². The van der Waals surface area contributed by atoms with Gasteiger partial charge in [0.05, 0.1) is 0 Å². The maximum Gasteiger partial charge on any atom is 0.193 e. The van der Waals surface area contributed by atoms with Gasteiger partial charge in [-0.2, -0.15) is 0 Å². The van der Waals surface area contributed by atoms with E-state index in [1.807, 2.05) is 7.05 Å². The number of hydrogen-bond acceptors (Lipinski definition) is 1. The summed E-state index contributed by atoms with van der Waals surface area (Å²) >= 11 is 0. The fraction of sp³-hybridized carbons (Fsp3) is 0.526. The minimum atomic E-state index is 0.951. The Balaban J connectivity index is 1.49. The van der Waals surface area contributed by atoms with Crippen LogP contribution in [0.15, 0.2) is 41.4 Å². The third-order valence-corrected chi connectivity index (χ3v) is 4.63. The molecule has 22 heavy (non-hydrogen) atoms. The second-order valence-corrected chi connectivity index (χ2v) is 6.35. The second-order valence-electron chi connectivity index (χ2n) is 6.35. The lowest BCUT2D eigenvalue weighted by atomic mass is 10.00. The van der Waals surface area contributed by atoms with Crippen molar-refractivity contribution >= 4 is 11.5 Å². The first-order valence-electron chi connectivity index (χ1n) is 8.57. The molecule has 3 heteroatoms. The van der Waals surface area contributed by atoms with Crippen molar-refractivity contribution in [3.05, 3.63) is 42.0 Å². The van der Waals surface area contributed by atoms with Crippen LogP contribution in [0.1, 0.15) is 37.7 Å². The van der Waals surface area contributed by atoms with E-state index in [0.717, 1.165) is 37.9 Å². The van der Waals surface area contributed by atoms with E-state index >= 15 is 0 Å². The molecule has 0 saturated heterocycles. The smallest absolute Gasteiger partial charge is 0.193 e. The van der Waals surface area contributed by atoms with Gasteiger partial charge in [-0.3, -0.25) is 4.99 Å². The predicted octanol–water partition coefficient (Wildman–Crippen LogP) is 3.54. The molecular formula is C19H27N3. The van der Waals surface area contributed by atoms with Crippen LogP contribution in [0.3, 0.4) is 0 Å². The molecule has 1 aromatic carbocycles. The number of rotatable bonds is 5. The molecule has 1 saturated carbocycles. The van der Waals surface area contributed by atoms with Crippen LogP contribution in [0.5, 0.6) is 0 Å². The summed E-state index contributed by atoms with van der Waals surface area (Å²) in [4.78, 5) is 6.79. The lowest BCUT2D eigenvalue weighted by Gasteiger charge is -2.29. The molecule has 1 aliphatic carbocycles. The normalized spacial score (nSPS) is 19.0. The van der Waals surface area contributed by atoms with Gasteiger partial charge in [-0.25, -0.2) is 0 Å². The molecule has 0 amide bonds. The van der Waals surface area contributed by atoms with Crippen molar-refractivity contribution in [2.24, 2.45) is 10.9 Å². The van der Waals surface area contributed by atoms with Gasteiger partial charge in [0.2, 0.25) is 0 Å². The zero-order valence-corrected chi connectivity index (χ0v) is 13.6. The van der Waals surface area contributed by atoms with Crippen LogP contribution in [0.4, 0.5) is 0 Å². The van der Waals surface area contributed by atoms with Crippen molar-refractivity contribution < 1.29 is 0 Å². The summed E-state index contributed by atoms with van der Waals surface area (Å²) in [6.07, 6.45) is 8.98. The van der Waals surface area contributed by atoms with Crippen LogP contribution in [-0.4, -0.2) is 37.5 Å². The van der Waals surface area contributed by atoms with Crippen molar-refractivity contribution in [1.29, 1.82) is 0 Å². The van der Waals surface area contributed by atoms with Crippen molar-refractivity contribution in [1.82, 2.24) is 10.2 Å². The van der Waals surface area contributed by atoms with Gasteiger partial charge in [0.1, 0.15) is 0 Å². The Morgan fingerprint density at radius 1 is 1.27 bits per heavy atom. The van der Waals surface area contributed by atoms with Gasteiger partial charge >= 0.3 is 0 Å². The standard InChI is InChI=1S/C19H27N3/c1-20-19(21-13-5-6-16-9-10-16)22-14-11-18(12-15-22)17-7-3-2-4-8-17/h2-4,7-8,11,16H,5-6,9-10,12-15H2,1H3,(H,20,21). The topological polar surface area (TPSA) is 27.6 Å². The van der Waals surface area contributed by atoms with Crippen LogP contribution in [0.25, 0.3) is 5.57 Å². The highest BCUT2D eigenvalue weighted by atomic mass is 15.3. The summed E-state index contributed by atoms with van der Waals surface area (Å²) in [5, 5.41) is 3.52. The number of nitrogens with one attached hydrogen (secondary N) is 1. The minimum Gasteiger partial charge on any atom is -0.356 e. The quantitative estimate of drug-likeness (QED) is 0.511. The van der Waals surface area contributed by atoms with Gasteiger partial charge in [-0.05, 0) is 36.3 Å². The fourth-order valence-corrected chi connectivity index (χ4v) is 3.11. The van der Waals surface area contributed by atoms with E-state index in [9.17, 15) is 0 Å². The molecular weight excluding hydrogens is 270 g/mol. The Labute approximate surface area is 134 Å². The molecule has 1 aromatic rings. The Kier molecular flexibility index (Phi) is 5.15. The molecule has 1 aliphatic heterocycles. The number of guanidine groups is 1. The maximum absolute atomic E-state index is 4.44. The van der Waals surface area contributed by atoms with Crippen LogP contribution >= 0.6 is 0 Å². The summed E-state index contributed by atoms with van der Waals surface area (Å²) in [5.41, 5.74) is 2.82. The van der Waals surface area contributed by atoms with Gasteiger partial charge in [-0.1, -0.05) is 49.2 Å². The molecule has 2 aliphatic rings. The summed E-state index contributed by atoms with van der Waals surface area (Å²) in [7, 11) is 1.89. The summed E-state index contributed by atoms with van der Waals surface area (Å²) < 4.78 is 0. The second kappa shape index (κ2) is 7.48. The Morgan fingerprint density at radius 2 is 2.09 bits per heavy atom. The average molecular weight is 297 g/mol. The molecule has 0 atom stereocenters. The molecule has 118 valence electrons. The van der Waals surface area contributed by atoms with Crippen LogP contribution in [0.2, 0.25) is 0 Å².